The van der Waals surface area contributed by atoms with Gasteiger partial charge in [-0.2, -0.15) is 11.3 Å². The van der Waals surface area contributed by atoms with Gasteiger partial charge >= 0.3 is 5.97 Å². The lowest BCUT2D eigenvalue weighted by atomic mass is 10.2. The lowest BCUT2D eigenvalue weighted by molar-refractivity contribution is -0.131. The normalized spacial score (nSPS) is 12.2. The summed E-state index contributed by atoms with van der Waals surface area (Å²) in [6.07, 6.45) is 4.87. The minimum Gasteiger partial charge on any atom is -0.478 e. The lowest BCUT2D eigenvalue weighted by Gasteiger charge is -1.87. The van der Waals surface area contributed by atoms with E-state index in [0.29, 0.717) is 0 Å². The van der Waals surface area contributed by atoms with Crippen LogP contribution in [0, 0.1) is 0 Å². The Morgan fingerprint density at radius 2 is 2.38 bits per heavy atom. The van der Waals surface area contributed by atoms with Gasteiger partial charge < -0.3 is 5.11 Å². The van der Waals surface area contributed by atoms with Gasteiger partial charge in [-0.1, -0.05) is 12.2 Å². The molecule has 0 radical (unpaired) electrons. The number of hydrogen-bond donors (Lipinski definition) is 1. The molecule has 68 valence electrons. The molecule has 0 amide bonds. The molecule has 0 aliphatic heterocycles. The number of carboxylic acids is 1. The van der Waals surface area contributed by atoms with Gasteiger partial charge in [0.1, 0.15) is 0 Å². The number of allylic oxidation sites excluding steroid dienone is 2. The minimum atomic E-state index is -0.910. The second-order valence-corrected chi connectivity index (χ2v) is 3.40. The van der Waals surface area contributed by atoms with Crippen molar-refractivity contribution in [2.45, 2.75) is 6.92 Å². The average Bonchev–Trinajstić information content (AvgIpc) is 2.51. The second kappa shape index (κ2) is 4.62. The molecule has 0 spiro atoms. The van der Waals surface area contributed by atoms with Crippen LogP contribution in [0.3, 0.4) is 0 Å². The molecule has 1 N–H and O–H groups in total. The summed E-state index contributed by atoms with van der Waals surface area (Å²) in [5, 5.41) is 12.4. The van der Waals surface area contributed by atoms with E-state index < -0.39 is 5.97 Å². The molecule has 2 nitrogen and oxygen atoms in total. The van der Waals surface area contributed by atoms with Crippen molar-refractivity contribution in [1.29, 1.82) is 0 Å². The Morgan fingerprint density at radius 3 is 2.92 bits per heavy atom. The van der Waals surface area contributed by atoms with Crippen molar-refractivity contribution in [3.8, 4) is 0 Å². The van der Waals surface area contributed by atoms with Crippen LogP contribution in [0.25, 0.3) is 6.08 Å². The highest BCUT2D eigenvalue weighted by Crippen LogP contribution is 2.09. The first kappa shape index (κ1) is 9.74. The molecule has 1 aromatic rings. The molecule has 0 bridgehead atoms. The Labute approximate surface area is 80.8 Å². The summed E-state index contributed by atoms with van der Waals surface area (Å²) in [6.45, 7) is 1.76. The fraction of sp³-hybridized carbons (Fsp3) is 0.100. The van der Waals surface area contributed by atoms with Crippen molar-refractivity contribution in [2.24, 2.45) is 0 Å². The maximum atomic E-state index is 10.3. The molecule has 0 atom stereocenters. The summed E-state index contributed by atoms with van der Waals surface area (Å²) in [5.74, 6) is -0.910. The summed E-state index contributed by atoms with van der Waals surface area (Å²) in [5.41, 5.74) is 1.84. The van der Waals surface area contributed by atoms with E-state index in [2.05, 4.69) is 0 Å². The van der Waals surface area contributed by atoms with E-state index in [9.17, 15) is 4.79 Å². The van der Waals surface area contributed by atoms with Gasteiger partial charge in [0, 0.05) is 6.08 Å². The zero-order valence-electron chi connectivity index (χ0n) is 7.23. The Balaban J connectivity index is 2.64. The van der Waals surface area contributed by atoms with Crippen molar-refractivity contribution in [2.75, 3.05) is 0 Å². The van der Waals surface area contributed by atoms with Crippen LogP contribution >= 0.6 is 11.3 Å². The topological polar surface area (TPSA) is 37.3 Å². The molecule has 0 fully saturated rings. The quantitative estimate of drug-likeness (QED) is 0.593. The zero-order chi connectivity index (χ0) is 9.68. The van der Waals surface area contributed by atoms with Crippen LogP contribution in [-0.4, -0.2) is 11.1 Å². The molecule has 0 saturated heterocycles. The maximum absolute atomic E-state index is 10.3. The van der Waals surface area contributed by atoms with Gasteiger partial charge in [0.05, 0.1) is 0 Å². The lowest BCUT2D eigenvalue weighted by Crippen LogP contribution is -1.87. The first-order valence-corrected chi connectivity index (χ1v) is 4.74. The molecule has 0 saturated carbocycles. The third-order valence-corrected chi connectivity index (χ3v) is 2.13. The van der Waals surface area contributed by atoms with Crippen molar-refractivity contribution in [3.63, 3.8) is 0 Å². The third kappa shape index (κ3) is 3.71. The van der Waals surface area contributed by atoms with E-state index in [1.807, 2.05) is 22.9 Å². The third-order valence-electron chi connectivity index (χ3n) is 1.43. The molecule has 1 heterocycles. The van der Waals surface area contributed by atoms with Crippen LogP contribution in [0.15, 0.2) is 34.6 Å². The first-order valence-electron chi connectivity index (χ1n) is 3.80. The van der Waals surface area contributed by atoms with Crippen LogP contribution in [0.4, 0.5) is 0 Å². The Kier molecular flexibility index (Phi) is 3.46. The molecule has 0 aliphatic carbocycles. The molecule has 0 aromatic carbocycles. The highest BCUT2D eigenvalue weighted by atomic mass is 32.1. The van der Waals surface area contributed by atoms with Gasteiger partial charge in [-0.15, -0.1) is 0 Å². The van der Waals surface area contributed by atoms with Gasteiger partial charge in [-0.3, -0.25) is 0 Å². The fourth-order valence-electron chi connectivity index (χ4n) is 0.840. The largest absolute Gasteiger partial charge is 0.478 e. The Bertz CT molecular complexity index is 334. The predicted molar refractivity (Wildman–Crippen MR) is 54.7 cm³/mol. The molecule has 1 aromatic heterocycles. The van der Waals surface area contributed by atoms with E-state index >= 15 is 0 Å². The van der Waals surface area contributed by atoms with Gasteiger partial charge in [0.25, 0.3) is 0 Å². The van der Waals surface area contributed by atoms with Crippen LogP contribution in [0.1, 0.15) is 12.5 Å². The molecular weight excluding hydrogens is 184 g/mol. The molecule has 1 rings (SSSR count). The first-order chi connectivity index (χ1) is 6.18. The molecule has 13 heavy (non-hydrogen) atoms. The predicted octanol–water partition coefficient (Wildman–Crippen LogP) is 2.79. The van der Waals surface area contributed by atoms with Gasteiger partial charge in [0.15, 0.2) is 0 Å². The van der Waals surface area contributed by atoms with E-state index in [4.69, 9.17) is 5.11 Å². The van der Waals surface area contributed by atoms with Gasteiger partial charge in [-0.05, 0) is 34.9 Å². The number of rotatable bonds is 3. The number of hydrogen-bond acceptors (Lipinski definition) is 2. The molecular formula is C10H10O2S. The average molecular weight is 194 g/mol. The zero-order valence-corrected chi connectivity index (χ0v) is 8.04. The van der Waals surface area contributed by atoms with E-state index in [0.717, 1.165) is 11.1 Å². The van der Waals surface area contributed by atoms with Crippen molar-refractivity contribution >= 4 is 23.4 Å². The van der Waals surface area contributed by atoms with Crippen LogP contribution in [-0.2, 0) is 4.79 Å². The standard InChI is InChI=1S/C10H10O2S/c1-8(6-10(11)12)2-3-9-4-5-13-7-9/h2-7H,1H3,(H,11,12)/b3-2+,8-6-. The SMILES string of the molecule is CC(=C/C(=O)O)/C=C/c1ccsc1. The molecule has 0 aliphatic rings. The summed E-state index contributed by atoms with van der Waals surface area (Å²) < 4.78 is 0. The summed E-state index contributed by atoms with van der Waals surface area (Å²) in [4.78, 5) is 10.3. The maximum Gasteiger partial charge on any atom is 0.328 e. The Hall–Kier alpha value is -1.35. The van der Waals surface area contributed by atoms with Crippen LogP contribution < -0.4 is 0 Å². The van der Waals surface area contributed by atoms with E-state index in [1.54, 1.807) is 24.3 Å². The van der Waals surface area contributed by atoms with Crippen LogP contribution in [0.2, 0.25) is 0 Å². The number of carbonyl (C=O) groups is 1. The monoisotopic (exact) mass is 194 g/mol. The van der Waals surface area contributed by atoms with E-state index in [-0.39, 0.29) is 0 Å². The smallest absolute Gasteiger partial charge is 0.328 e. The van der Waals surface area contributed by atoms with Crippen LogP contribution in [0.5, 0.6) is 0 Å². The summed E-state index contributed by atoms with van der Waals surface area (Å²) in [6, 6.07) is 1.98. The molecule has 0 unspecified atom stereocenters. The number of aliphatic carboxylic acids is 1. The van der Waals surface area contributed by atoms with E-state index in [1.165, 1.54) is 6.08 Å². The van der Waals surface area contributed by atoms with Crippen molar-refractivity contribution in [3.05, 3.63) is 40.1 Å². The van der Waals surface area contributed by atoms with Gasteiger partial charge in [-0.25, -0.2) is 4.79 Å². The fourth-order valence-corrected chi connectivity index (χ4v) is 1.47. The van der Waals surface area contributed by atoms with Crippen molar-refractivity contribution in [1.82, 2.24) is 0 Å². The minimum absolute atomic E-state index is 0.735. The number of thiophene rings is 1. The van der Waals surface area contributed by atoms with Gasteiger partial charge in [0.2, 0.25) is 0 Å². The number of carboxylic acid groups (broad SMARTS) is 1. The highest BCUT2D eigenvalue weighted by Gasteiger charge is 1.89. The molecule has 3 heteroatoms. The van der Waals surface area contributed by atoms with Crippen molar-refractivity contribution < 1.29 is 9.90 Å². The second-order valence-electron chi connectivity index (χ2n) is 2.62. The summed E-state index contributed by atoms with van der Waals surface area (Å²) >= 11 is 1.62. The summed E-state index contributed by atoms with van der Waals surface area (Å²) in [7, 11) is 0. The highest BCUT2D eigenvalue weighted by molar-refractivity contribution is 7.08. The Morgan fingerprint density at radius 1 is 1.62 bits per heavy atom.